The van der Waals surface area contributed by atoms with Crippen molar-refractivity contribution in [2.45, 2.75) is 18.0 Å². The summed E-state index contributed by atoms with van der Waals surface area (Å²) in [5.41, 5.74) is 0.343. The van der Waals surface area contributed by atoms with Gasteiger partial charge in [0, 0.05) is 11.6 Å². The lowest BCUT2D eigenvalue weighted by Crippen LogP contribution is -2.31. The van der Waals surface area contributed by atoms with Gasteiger partial charge in [-0.15, -0.1) is 12.4 Å². The van der Waals surface area contributed by atoms with Gasteiger partial charge in [-0.2, -0.15) is 4.31 Å². The topological polar surface area (TPSA) is 108 Å². The van der Waals surface area contributed by atoms with Crippen LogP contribution in [0.4, 0.5) is 4.39 Å². The Balaban J connectivity index is 0.00000363. The predicted octanol–water partition coefficient (Wildman–Crippen LogP) is 4.74. The Morgan fingerprint density at radius 3 is 2.34 bits per heavy atom. The van der Waals surface area contributed by atoms with Crippen molar-refractivity contribution in [3.8, 4) is 5.75 Å². The second kappa shape index (κ2) is 10.5. The Morgan fingerprint density at radius 2 is 1.72 bits per heavy atom. The van der Waals surface area contributed by atoms with E-state index in [1.54, 1.807) is 0 Å². The molecule has 32 heavy (non-hydrogen) atoms. The summed E-state index contributed by atoms with van der Waals surface area (Å²) < 4.78 is 41.0. The molecule has 0 atom stereocenters. The number of hydrogen-bond donors (Lipinski definition) is 2. The molecule has 0 fully saturated rings. The van der Waals surface area contributed by atoms with Gasteiger partial charge >= 0.3 is 5.97 Å². The number of hydrogen-bond acceptors (Lipinski definition) is 5. The van der Waals surface area contributed by atoms with Gasteiger partial charge in [-0.05, 0) is 42.0 Å². The molecule has 2 N–H and O–H groups in total. The molecule has 0 saturated carbocycles. The standard InChI is InChI=1S/C20H15Cl2FN2O5S.ClH/c21-13-8-16(22)19(26)18(9-13)31(29,30)25(10-12-4-6-14(23)7-5-12)11-15-2-1-3-17(24-15)20(27)28;/h1-9,26H,10-11H2,(H,27,28);1H. The van der Waals surface area contributed by atoms with Crippen molar-refractivity contribution in [1.82, 2.24) is 9.29 Å². The molecule has 0 saturated heterocycles. The van der Waals surface area contributed by atoms with Crippen molar-refractivity contribution < 1.29 is 27.8 Å². The molecule has 1 heterocycles. The Hall–Kier alpha value is -2.43. The maximum Gasteiger partial charge on any atom is 0.354 e. The van der Waals surface area contributed by atoms with Gasteiger partial charge in [-0.3, -0.25) is 0 Å². The molecular weight excluding hydrogens is 506 g/mol. The maximum atomic E-state index is 13.4. The quantitative estimate of drug-likeness (QED) is 0.465. The number of aromatic carboxylic acids is 1. The third-order valence-corrected chi connectivity index (χ3v) is 6.56. The molecule has 0 radical (unpaired) electrons. The van der Waals surface area contributed by atoms with E-state index in [1.807, 2.05) is 0 Å². The minimum atomic E-state index is -4.38. The Labute approximate surface area is 199 Å². The summed E-state index contributed by atoms with van der Waals surface area (Å²) in [6, 6.07) is 11.6. The number of pyridine rings is 1. The lowest BCUT2D eigenvalue weighted by molar-refractivity contribution is 0.0690. The molecule has 3 aromatic rings. The fourth-order valence-electron chi connectivity index (χ4n) is 2.76. The van der Waals surface area contributed by atoms with Crippen LogP contribution in [-0.4, -0.2) is 33.9 Å². The van der Waals surface area contributed by atoms with Crippen LogP contribution in [0, 0.1) is 5.82 Å². The number of carboxylic acids is 1. The van der Waals surface area contributed by atoms with Crippen LogP contribution in [0.2, 0.25) is 10.0 Å². The summed E-state index contributed by atoms with van der Waals surface area (Å²) >= 11 is 11.8. The molecule has 0 aliphatic heterocycles. The first kappa shape index (κ1) is 25.8. The van der Waals surface area contributed by atoms with E-state index in [0.717, 1.165) is 10.4 Å². The zero-order chi connectivity index (χ0) is 22.8. The van der Waals surface area contributed by atoms with Crippen LogP contribution < -0.4 is 0 Å². The molecule has 2 aromatic carbocycles. The molecule has 7 nitrogen and oxygen atoms in total. The number of rotatable bonds is 7. The molecule has 0 aliphatic carbocycles. The minimum absolute atomic E-state index is 0. The van der Waals surface area contributed by atoms with Crippen molar-refractivity contribution in [2.75, 3.05) is 0 Å². The SMILES string of the molecule is Cl.O=C(O)c1cccc(CN(Cc2ccc(F)cc2)S(=O)(=O)c2cc(Cl)cc(Cl)c2O)n1. The summed E-state index contributed by atoms with van der Waals surface area (Å²) in [6.07, 6.45) is 0. The largest absolute Gasteiger partial charge is 0.505 e. The first-order chi connectivity index (χ1) is 14.6. The fourth-order valence-corrected chi connectivity index (χ4v) is 4.91. The monoisotopic (exact) mass is 520 g/mol. The van der Waals surface area contributed by atoms with E-state index in [0.29, 0.717) is 5.56 Å². The number of aromatic nitrogens is 1. The van der Waals surface area contributed by atoms with E-state index in [1.165, 1.54) is 48.5 Å². The third-order valence-electron chi connectivity index (χ3n) is 4.25. The highest BCUT2D eigenvalue weighted by molar-refractivity contribution is 7.89. The number of carbonyl (C=O) groups is 1. The zero-order valence-electron chi connectivity index (χ0n) is 16.1. The van der Waals surface area contributed by atoms with Gasteiger partial charge < -0.3 is 10.2 Å². The number of phenolic OH excluding ortho intramolecular Hbond substituents is 1. The van der Waals surface area contributed by atoms with E-state index in [2.05, 4.69) is 4.98 Å². The van der Waals surface area contributed by atoms with Gasteiger partial charge in [0.2, 0.25) is 10.0 Å². The summed E-state index contributed by atoms with van der Waals surface area (Å²) in [7, 11) is -4.38. The Kier molecular flexibility index (Phi) is 8.44. The third kappa shape index (κ3) is 5.87. The Morgan fingerprint density at radius 1 is 1.06 bits per heavy atom. The van der Waals surface area contributed by atoms with Gasteiger partial charge in [-0.25, -0.2) is 22.6 Å². The van der Waals surface area contributed by atoms with Crippen LogP contribution in [-0.2, 0) is 23.1 Å². The van der Waals surface area contributed by atoms with Crippen LogP contribution in [0.15, 0.2) is 59.5 Å². The number of benzene rings is 2. The van der Waals surface area contributed by atoms with Crippen LogP contribution >= 0.6 is 35.6 Å². The zero-order valence-corrected chi connectivity index (χ0v) is 19.2. The summed E-state index contributed by atoms with van der Waals surface area (Å²) in [5.74, 6) is -2.44. The van der Waals surface area contributed by atoms with Gasteiger partial charge in [0.05, 0.1) is 17.3 Å². The van der Waals surface area contributed by atoms with E-state index >= 15 is 0 Å². The van der Waals surface area contributed by atoms with Gasteiger partial charge in [0.1, 0.15) is 16.4 Å². The van der Waals surface area contributed by atoms with E-state index in [4.69, 9.17) is 28.3 Å². The summed E-state index contributed by atoms with van der Waals surface area (Å²) in [4.78, 5) is 14.6. The highest BCUT2D eigenvalue weighted by atomic mass is 35.5. The number of carboxylic acid groups (broad SMARTS) is 1. The van der Waals surface area contributed by atoms with Crippen LogP contribution in [0.3, 0.4) is 0 Å². The first-order valence-electron chi connectivity index (χ1n) is 8.70. The number of phenols is 1. The molecule has 3 rings (SSSR count). The molecular formula is C20H16Cl3FN2O5S. The molecule has 0 unspecified atom stereocenters. The van der Waals surface area contributed by atoms with Gasteiger partial charge in [0.15, 0.2) is 5.75 Å². The number of halogens is 4. The van der Waals surface area contributed by atoms with Gasteiger partial charge in [-0.1, -0.05) is 41.4 Å². The van der Waals surface area contributed by atoms with Crippen molar-refractivity contribution in [3.05, 3.63) is 87.4 Å². The molecule has 0 amide bonds. The second-order valence-corrected chi connectivity index (χ2v) is 9.20. The van der Waals surface area contributed by atoms with Crippen molar-refractivity contribution in [1.29, 1.82) is 0 Å². The molecule has 1 aromatic heterocycles. The van der Waals surface area contributed by atoms with Crippen molar-refractivity contribution in [2.24, 2.45) is 0 Å². The maximum absolute atomic E-state index is 13.4. The molecule has 0 spiro atoms. The summed E-state index contributed by atoms with van der Waals surface area (Å²) in [5, 5.41) is 19.1. The molecule has 0 bridgehead atoms. The lowest BCUT2D eigenvalue weighted by Gasteiger charge is -2.23. The lowest BCUT2D eigenvalue weighted by atomic mass is 10.2. The predicted molar refractivity (Wildman–Crippen MR) is 119 cm³/mol. The minimum Gasteiger partial charge on any atom is -0.505 e. The smallest absolute Gasteiger partial charge is 0.354 e. The molecule has 12 heteroatoms. The Bertz CT molecular complexity index is 1240. The van der Waals surface area contributed by atoms with Crippen molar-refractivity contribution >= 4 is 51.6 Å². The number of aromatic hydroxyl groups is 1. The number of sulfonamides is 1. The van der Waals surface area contributed by atoms with Crippen LogP contribution in [0.1, 0.15) is 21.7 Å². The highest BCUT2D eigenvalue weighted by Crippen LogP contribution is 2.36. The average Bonchev–Trinajstić information content (AvgIpc) is 2.71. The number of nitrogens with zero attached hydrogens (tertiary/aromatic N) is 2. The van der Waals surface area contributed by atoms with E-state index in [-0.39, 0.29) is 46.9 Å². The highest BCUT2D eigenvalue weighted by Gasteiger charge is 2.30. The van der Waals surface area contributed by atoms with Crippen molar-refractivity contribution in [3.63, 3.8) is 0 Å². The average molecular weight is 522 g/mol. The normalized spacial score (nSPS) is 11.2. The second-order valence-electron chi connectivity index (χ2n) is 6.45. The first-order valence-corrected chi connectivity index (χ1v) is 10.9. The van der Waals surface area contributed by atoms with Gasteiger partial charge in [0.25, 0.3) is 0 Å². The van der Waals surface area contributed by atoms with E-state index in [9.17, 15) is 22.7 Å². The molecule has 170 valence electrons. The molecule has 0 aliphatic rings. The van der Waals surface area contributed by atoms with Crippen LogP contribution in [0.25, 0.3) is 0 Å². The fraction of sp³-hybridized carbons (Fsp3) is 0.100. The van der Waals surface area contributed by atoms with Crippen LogP contribution in [0.5, 0.6) is 5.75 Å². The van der Waals surface area contributed by atoms with E-state index < -0.39 is 32.5 Å². The summed E-state index contributed by atoms with van der Waals surface area (Å²) in [6.45, 7) is -0.546.